The van der Waals surface area contributed by atoms with Crippen LogP contribution in [0.1, 0.15) is 258 Å². The summed E-state index contributed by atoms with van der Waals surface area (Å²) in [6, 6.07) is 0. The quantitative estimate of drug-likeness (QED) is 0.0262. The molecule has 0 bridgehead atoms. The van der Waals surface area contributed by atoms with Gasteiger partial charge in [0.15, 0.2) is 6.10 Å². The number of rotatable bonds is 48. The van der Waals surface area contributed by atoms with Crippen LogP contribution in [-0.2, 0) is 28.6 Å². The van der Waals surface area contributed by atoms with E-state index in [1.165, 1.54) is 128 Å². The van der Waals surface area contributed by atoms with Crippen molar-refractivity contribution >= 4 is 17.9 Å². The highest BCUT2D eigenvalue weighted by Gasteiger charge is 2.19. The molecule has 0 aliphatic heterocycles. The first-order chi connectivity index (χ1) is 31.5. The number of unbranched alkanes of at least 4 members (excludes halogenated alkanes) is 25. The number of esters is 3. The lowest BCUT2D eigenvalue weighted by atomic mass is 10.0. The molecular formula is C58H100O6. The molecule has 0 aliphatic rings. The fourth-order valence-electron chi connectivity index (χ4n) is 7.41. The Morgan fingerprint density at radius 1 is 0.328 bits per heavy atom. The number of carbonyl (C=O) groups excluding carboxylic acids is 3. The van der Waals surface area contributed by atoms with Crippen LogP contribution in [0.25, 0.3) is 0 Å². The molecule has 0 saturated carbocycles. The Morgan fingerprint density at radius 2 is 0.625 bits per heavy atom. The van der Waals surface area contributed by atoms with Gasteiger partial charge in [-0.3, -0.25) is 14.4 Å². The van der Waals surface area contributed by atoms with Gasteiger partial charge in [0.2, 0.25) is 0 Å². The number of carbonyl (C=O) groups is 3. The maximum atomic E-state index is 12.8. The molecule has 0 fully saturated rings. The Balaban J connectivity index is 4.46. The summed E-state index contributed by atoms with van der Waals surface area (Å²) in [7, 11) is 0. The maximum absolute atomic E-state index is 12.8. The predicted molar refractivity (Wildman–Crippen MR) is 274 cm³/mol. The molecule has 0 aromatic heterocycles. The van der Waals surface area contributed by atoms with Crippen molar-refractivity contribution in [1.82, 2.24) is 0 Å². The molecule has 0 rings (SSSR count). The molecular weight excluding hydrogens is 793 g/mol. The zero-order valence-corrected chi connectivity index (χ0v) is 42.0. The molecule has 0 unspecified atom stereocenters. The van der Waals surface area contributed by atoms with Crippen LogP contribution in [0.2, 0.25) is 0 Å². The monoisotopic (exact) mass is 893 g/mol. The summed E-state index contributed by atoms with van der Waals surface area (Å²) < 4.78 is 16.8. The largest absolute Gasteiger partial charge is 0.462 e. The van der Waals surface area contributed by atoms with Gasteiger partial charge in [0.05, 0.1) is 0 Å². The lowest BCUT2D eigenvalue weighted by Crippen LogP contribution is -2.30. The van der Waals surface area contributed by atoms with E-state index in [2.05, 4.69) is 93.7 Å². The lowest BCUT2D eigenvalue weighted by Gasteiger charge is -2.18. The maximum Gasteiger partial charge on any atom is 0.306 e. The van der Waals surface area contributed by atoms with Gasteiger partial charge in [-0.15, -0.1) is 0 Å². The molecule has 368 valence electrons. The topological polar surface area (TPSA) is 78.9 Å². The third-order valence-electron chi connectivity index (χ3n) is 11.4. The van der Waals surface area contributed by atoms with Crippen molar-refractivity contribution in [2.45, 2.75) is 264 Å². The van der Waals surface area contributed by atoms with Crippen molar-refractivity contribution in [3.05, 3.63) is 72.9 Å². The van der Waals surface area contributed by atoms with Gasteiger partial charge in [-0.05, 0) is 83.5 Å². The van der Waals surface area contributed by atoms with Crippen LogP contribution >= 0.6 is 0 Å². The number of allylic oxidation sites excluding steroid dienone is 12. The van der Waals surface area contributed by atoms with Crippen LogP contribution in [0.4, 0.5) is 0 Å². The number of ether oxygens (including phenoxy) is 3. The lowest BCUT2D eigenvalue weighted by molar-refractivity contribution is -0.167. The normalized spacial score (nSPS) is 12.6. The van der Waals surface area contributed by atoms with Gasteiger partial charge in [0, 0.05) is 19.3 Å². The molecule has 0 radical (unpaired) electrons. The fraction of sp³-hybridized carbons (Fsp3) is 0.741. The summed E-state index contributed by atoms with van der Waals surface area (Å²) in [5.74, 6) is -0.958. The molecule has 64 heavy (non-hydrogen) atoms. The second kappa shape index (κ2) is 52.5. The summed E-state index contributed by atoms with van der Waals surface area (Å²) in [5, 5.41) is 0. The van der Waals surface area contributed by atoms with Crippen molar-refractivity contribution in [3.8, 4) is 0 Å². The molecule has 0 amide bonds. The Hall–Kier alpha value is -3.15. The van der Waals surface area contributed by atoms with Crippen LogP contribution in [0.3, 0.4) is 0 Å². The van der Waals surface area contributed by atoms with E-state index in [0.29, 0.717) is 19.3 Å². The highest BCUT2D eigenvalue weighted by Crippen LogP contribution is 2.15. The Labute approximate surface area is 395 Å². The van der Waals surface area contributed by atoms with Crippen molar-refractivity contribution in [2.75, 3.05) is 13.2 Å². The minimum Gasteiger partial charge on any atom is -0.462 e. The van der Waals surface area contributed by atoms with Crippen molar-refractivity contribution in [3.63, 3.8) is 0 Å². The third kappa shape index (κ3) is 49.9. The van der Waals surface area contributed by atoms with E-state index in [0.717, 1.165) is 83.5 Å². The Morgan fingerprint density at radius 3 is 1.05 bits per heavy atom. The second-order valence-corrected chi connectivity index (χ2v) is 17.8. The Bertz CT molecular complexity index is 1210. The van der Waals surface area contributed by atoms with Crippen LogP contribution in [0.15, 0.2) is 72.9 Å². The molecule has 0 aliphatic carbocycles. The molecule has 0 aromatic rings. The van der Waals surface area contributed by atoms with Crippen molar-refractivity contribution in [1.29, 1.82) is 0 Å². The fourth-order valence-corrected chi connectivity index (χ4v) is 7.41. The highest BCUT2D eigenvalue weighted by molar-refractivity contribution is 5.71. The van der Waals surface area contributed by atoms with Gasteiger partial charge in [-0.25, -0.2) is 0 Å². The summed E-state index contributed by atoms with van der Waals surface area (Å²) >= 11 is 0. The summed E-state index contributed by atoms with van der Waals surface area (Å²) in [6.45, 7) is 6.47. The zero-order chi connectivity index (χ0) is 46.5. The van der Waals surface area contributed by atoms with Crippen molar-refractivity contribution in [2.24, 2.45) is 0 Å². The molecule has 0 aromatic carbocycles. The SMILES string of the molecule is CC/C=C/C/C=C/C/C=C/C/C=C/C/C=C/CCCC(=O)OC[C@@H](COC(=O)CCCCCCC/C=C/CCCCCC)OC(=O)CCCCCCCCCCCCCCCCCC. The van der Waals surface area contributed by atoms with Gasteiger partial charge in [0.1, 0.15) is 13.2 Å². The molecule has 6 heteroatoms. The molecule has 0 saturated heterocycles. The molecule has 1 atom stereocenters. The number of hydrogen-bond donors (Lipinski definition) is 0. The average molecular weight is 893 g/mol. The van der Waals surface area contributed by atoms with Crippen LogP contribution in [-0.4, -0.2) is 37.2 Å². The summed E-state index contributed by atoms with van der Waals surface area (Å²) in [6.07, 6.45) is 66.0. The van der Waals surface area contributed by atoms with E-state index in [1.807, 2.05) is 0 Å². The van der Waals surface area contributed by atoms with E-state index < -0.39 is 6.10 Å². The predicted octanol–water partition coefficient (Wildman–Crippen LogP) is 17.8. The highest BCUT2D eigenvalue weighted by atomic mass is 16.6. The molecule has 6 nitrogen and oxygen atoms in total. The second-order valence-electron chi connectivity index (χ2n) is 17.8. The molecule has 0 N–H and O–H groups in total. The zero-order valence-electron chi connectivity index (χ0n) is 42.0. The van der Waals surface area contributed by atoms with Crippen molar-refractivity contribution < 1.29 is 28.6 Å². The van der Waals surface area contributed by atoms with Crippen LogP contribution in [0.5, 0.6) is 0 Å². The molecule has 0 spiro atoms. The first-order valence-electron chi connectivity index (χ1n) is 26.9. The summed E-state index contributed by atoms with van der Waals surface area (Å²) in [4.78, 5) is 38.0. The van der Waals surface area contributed by atoms with Gasteiger partial charge < -0.3 is 14.2 Å². The van der Waals surface area contributed by atoms with E-state index in [4.69, 9.17) is 14.2 Å². The van der Waals surface area contributed by atoms with Gasteiger partial charge in [-0.2, -0.15) is 0 Å². The van der Waals surface area contributed by atoms with Crippen LogP contribution < -0.4 is 0 Å². The minimum absolute atomic E-state index is 0.0956. The van der Waals surface area contributed by atoms with Gasteiger partial charge in [-0.1, -0.05) is 229 Å². The average Bonchev–Trinajstić information content (AvgIpc) is 3.29. The van der Waals surface area contributed by atoms with Gasteiger partial charge in [0.25, 0.3) is 0 Å². The minimum atomic E-state index is -0.799. The standard InChI is InChI=1S/C58H100O6/c1-4-7-10-13-16-19-22-25-27-29-31-33-36-39-42-45-48-51-57(60)63-54-55(53-62-56(59)50-47-44-41-38-35-32-24-21-18-15-12-9-6-3)64-58(61)52-49-46-43-40-37-34-30-28-26-23-20-17-14-11-8-5-2/h7,10,16,19,21,24-25,27,31,33,39,42,55H,4-6,8-9,11-15,17-18,20,22-23,26,28-30,32,34-38,40-41,43-54H2,1-3H3/b10-7+,19-16+,24-21+,27-25+,33-31+,42-39+/t55-/m1/s1. The third-order valence-corrected chi connectivity index (χ3v) is 11.4. The smallest absolute Gasteiger partial charge is 0.306 e. The first-order valence-corrected chi connectivity index (χ1v) is 26.9. The van der Waals surface area contributed by atoms with E-state index in [1.54, 1.807) is 0 Å². The molecule has 0 heterocycles. The Kier molecular flexibility index (Phi) is 49.9. The van der Waals surface area contributed by atoms with E-state index >= 15 is 0 Å². The van der Waals surface area contributed by atoms with Crippen LogP contribution in [0, 0.1) is 0 Å². The number of hydrogen-bond acceptors (Lipinski definition) is 6. The van der Waals surface area contributed by atoms with E-state index in [-0.39, 0.29) is 37.5 Å². The van der Waals surface area contributed by atoms with E-state index in [9.17, 15) is 14.4 Å². The first kappa shape index (κ1) is 60.9. The van der Waals surface area contributed by atoms with Gasteiger partial charge >= 0.3 is 17.9 Å². The summed E-state index contributed by atoms with van der Waals surface area (Å²) in [5.41, 5.74) is 0.